The summed E-state index contributed by atoms with van der Waals surface area (Å²) in [6.07, 6.45) is 0. The Morgan fingerprint density at radius 2 is 0.659 bits per heavy atom. The standard InChI is InChI=1S/C39H25Cl2N3/c40-34-23-24-35(36(41)25-34)30-15-21-33(22-16-30)39-43-37(31-17-11-28(12-18-31)26-7-3-1-4-8-26)42-38(44-39)32-19-13-29(14-20-32)27-9-5-2-6-10-27/h1-25H. The first-order chi connectivity index (χ1) is 21.6. The molecule has 0 amide bonds. The van der Waals surface area contributed by atoms with Gasteiger partial charge in [0.05, 0.1) is 0 Å². The Kier molecular flexibility index (Phi) is 7.72. The molecule has 0 atom stereocenters. The van der Waals surface area contributed by atoms with E-state index in [0.717, 1.165) is 50.1 Å². The van der Waals surface area contributed by atoms with Crippen LogP contribution in [0.5, 0.6) is 0 Å². The van der Waals surface area contributed by atoms with Crippen LogP contribution in [0.4, 0.5) is 0 Å². The molecule has 0 unspecified atom stereocenters. The molecule has 7 aromatic rings. The fourth-order valence-electron chi connectivity index (χ4n) is 5.17. The fraction of sp³-hybridized carbons (Fsp3) is 0. The van der Waals surface area contributed by atoms with Crippen molar-refractivity contribution in [1.82, 2.24) is 15.0 Å². The summed E-state index contributed by atoms with van der Waals surface area (Å²) in [6.45, 7) is 0. The average molecular weight is 607 g/mol. The van der Waals surface area contributed by atoms with E-state index in [-0.39, 0.29) is 0 Å². The molecule has 0 aliphatic carbocycles. The van der Waals surface area contributed by atoms with Gasteiger partial charge in [0.25, 0.3) is 0 Å². The summed E-state index contributed by atoms with van der Waals surface area (Å²) >= 11 is 12.6. The lowest BCUT2D eigenvalue weighted by atomic mass is 10.0. The highest BCUT2D eigenvalue weighted by Crippen LogP contribution is 2.33. The molecule has 210 valence electrons. The summed E-state index contributed by atoms with van der Waals surface area (Å²) in [6, 6.07) is 50.9. The number of nitrogens with zero attached hydrogens (tertiary/aromatic N) is 3. The molecular weight excluding hydrogens is 581 g/mol. The zero-order valence-corrected chi connectivity index (χ0v) is 25.0. The van der Waals surface area contributed by atoms with Crippen LogP contribution in [0.25, 0.3) is 67.5 Å². The van der Waals surface area contributed by atoms with Crippen LogP contribution in [0.1, 0.15) is 0 Å². The van der Waals surface area contributed by atoms with Crippen molar-refractivity contribution in [3.05, 3.63) is 162 Å². The van der Waals surface area contributed by atoms with Gasteiger partial charge in [0.15, 0.2) is 17.5 Å². The van der Waals surface area contributed by atoms with Crippen molar-refractivity contribution in [2.75, 3.05) is 0 Å². The Morgan fingerprint density at radius 1 is 0.318 bits per heavy atom. The van der Waals surface area contributed by atoms with Gasteiger partial charge in [-0.15, -0.1) is 0 Å². The van der Waals surface area contributed by atoms with Crippen molar-refractivity contribution < 1.29 is 0 Å². The minimum Gasteiger partial charge on any atom is -0.208 e. The monoisotopic (exact) mass is 605 g/mol. The van der Waals surface area contributed by atoms with Crippen molar-refractivity contribution in [2.24, 2.45) is 0 Å². The van der Waals surface area contributed by atoms with Crippen molar-refractivity contribution in [3.63, 3.8) is 0 Å². The minimum atomic E-state index is 0.595. The summed E-state index contributed by atoms with van der Waals surface area (Å²) < 4.78 is 0. The number of rotatable bonds is 6. The Morgan fingerprint density at radius 3 is 1.05 bits per heavy atom. The van der Waals surface area contributed by atoms with Crippen LogP contribution >= 0.6 is 23.2 Å². The van der Waals surface area contributed by atoms with Gasteiger partial charge in [-0.05, 0) is 39.9 Å². The molecule has 0 saturated carbocycles. The molecule has 0 saturated heterocycles. The maximum atomic E-state index is 6.48. The highest BCUT2D eigenvalue weighted by atomic mass is 35.5. The van der Waals surface area contributed by atoms with Gasteiger partial charge in [-0.1, -0.05) is 163 Å². The molecule has 44 heavy (non-hydrogen) atoms. The minimum absolute atomic E-state index is 0.595. The maximum absolute atomic E-state index is 6.48. The van der Waals surface area contributed by atoms with Crippen molar-refractivity contribution >= 4 is 23.2 Å². The average Bonchev–Trinajstić information content (AvgIpc) is 3.09. The van der Waals surface area contributed by atoms with Gasteiger partial charge in [-0.25, -0.2) is 15.0 Å². The lowest BCUT2D eigenvalue weighted by Gasteiger charge is -2.11. The molecule has 6 aromatic carbocycles. The fourth-order valence-corrected chi connectivity index (χ4v) is 5.69. The normalized spacial score (nSPS) is 11.0. The van der Waals surface area contributed by atoms with E-state index in [1.54, 1.807) is 6.07 Å². The third kappa shape index (κ3) is 5.89. The van der Waals surface area contributed by atoms with Gasteiger partial charge < -0.3 is 0 Å². The molecule has 0 N–H and O–H groups in total. The number of benzene rings is 6. The second-order valence-electron chi connectivity index (χ2n) is 10.4. The van der Waals surface area contributed by atoms with Gasteiger partial charge in [0.2, 0.25) is 0 Å². The third-order valence-corrected chi connectivity index (χ3v) is 8.07. The van der Waals surface area contributed by atoms with Crippen molar-refractivity contribution in [3.8, 4) is 67.5 Å². The van der Waals surface area contributed by atoms with E-state index < -0.39 is 0 Å². The second kappa shape index (κ2) is 12.3. The van der Waals surface area contributed by atoms with Gasteiger partial charge in [-0.2, -0.15) is 0 Å². The lowest BCUT2D eigenvalue weighted by Crippen LogP contribution is -2.00. The highest BCUT2D eigenvalue weighted by molar-refractivity contribution is 6.36. The maximum Gasteiger partial charge on any atom is 0.164 e. The van der Waals surface area contributed by atoms with Crippen LogP contribution in [0, 0.1) is 0 Å². The molecule has 3 nitrogen and oxygen atoms in total. The van der Waals surface area contributed by atoms with Crippen LogP contribution in [-0.4, -0.2) is 15.0 Å². The molecule has 0 fully saturated rings. The number of hydrogen-bond donors (Lipinski definition) is 0. The number of aromatic nitrogens is 3. The van der Waals surface area contributed by atoms with E-state index >= 15 is 0 Å². The van der Waals surface area contributed by atoms with Crippen LogP contribution in [0.15, 0.2) is 152 Å². The molecular formula is C39H25Cl2N3. The predicted octanol–water partition coefficient (Wildman–Crippen LogP) is 11.2. The van der Waals surface area contributed by atoms with Gasteiger partial charge in [0, 0.05) is 32.3 Å². The topological polar surface area (TPSA) is 38.7 Å². The Hall–Kier alpha value is -5.09. The smallest absolute Gasteiger partial charge is 0.164 e. The lowest BCUT2D eigenvalue weighted by molar-refractivity contribution is 1.07. The molecule has 7 rings (SSSR count). The van der Waals surface area contributed by atoms with Gasteiger partial charge >= 0.3 is 0 Å². The molecule has 0 aliphatic heterocycles. The molecule has 0 aliphatic rings. The van der Waals surface area contributed by atoms with E-state index in [1.807, 2.05) is 72.8 Å². The second-order valence-corrected chi connectivity index (χ2v) is 11.2. The molecule has 1 heterocycles. The van der Waals surface area contributed by atoms with Gasteiger partial charge in [-0.3, -0.25) is 0 Å². The first-order valence-electron chi connectivity index (χ1n) is 14.2. The predicted molar refractivity (Wildman–Crippen MR) is 182 cm³/mol. The first kappa shape index (κ1) is 27.7. The molecule has 0 spiro atoms. The Labute approximate surface area is 266 Å². The highest BCUT2D eigenvalue weighted by Gasteiger charge is 2.14. The van der Waals surface area contributed by atoms with Crippen molar-refractivity contribution in [1.29, 1.82) is 0 Å². The SMILES string of the molecule is Clc1ccc(-c2ccc(-c3nc(-c4ccc(-c5ccccc5)cc4)nc(-c4ccc(-c5ccccc5)cc4)n3)cc2)c(Cl)c1. The molecule has 0 bridgehead atoms. The quantitative estimate of drug-likeness (QED) is 0.189. The summed E-state index contributed by atoms with van der Waals surface area (Å²) in [5, 5.41) is 1.21. The summed E-state index contributed by atoms with van der Waals surface area (Å²) in [5.41, 5.74) is 9.21. The largest absolute Gasteiger partial charge is 0.208 e. The van der Waals surface area contributed by atoms with Crippen LogP contribution < -0.4 is 0 Å². The summed E-state index contributed by atoms with van der Waals surface area (Å²) in [7, 11) is 0. The van der Waals surface area contributed by atoms with Crippen LogP contribution in [0.2, 0.25) is 10.0 Å². The molecule has 5 heteroatoms. The Bertz CT molecular complexity index is 1940. The van der Waals surface area contributed by atoms with Gasteiger partial charge in [0.1, 0.15) is 0 Å². The molecule has 1 aromatic heterocycles. The summed E-state index contributed by atoms with van der Waals surface area (Å²) in [4.78, 5) is 14.8. The van der Waals surface area contributed by atoms with Crippen LogP contribution in [-0.2, 0) is 0 Å². The first-order valence-corrected chi connectivity index (χ1v) is 15.0. The van der Waals surface area contributed by atoms with Crippen LogP contribution in [0.3, 0.4) is 0 Å². The van der Waals surface area contributed by atoms with E-state index in [4.69, 9.17) is 38.2 Å². The van der Waals surface area contributed by atoms with E-state index in [9.17, 15) is 0 Å². The summed E-state index contributed by atoms with van der Waals surface area (Å²) in [5.74, 6) is 1.82. The molecule has 0 radical (unpaired) electrons. The third-order valence-electron chi connectivity index (χ3n) is 7.52. The number of hydrogen-bond acceptors (Lipinski definition) is 3. The Balaban J connectivity index is 1.28. The van der Waals surface area contributed by atoms with E-state index in [1.165, 1.54) is 0 Å². The zero-order chi connectivity index (χ0) is 29.9. The van der Waals surface area contributed by atoms with Crippen molar-refractivity contribution in [2.45, 2.75) is 0 Å². The zero-order valence-electron chi connectivity index (χ0n) is 23.5. The van der Waals surface area contributed by atoms with E-state index in [2.05, 4.69) is 72.8 Å². The number of halogens is 2. The van der Waals surface area contributed by atoms with E-state index in [0.29, 0.717) is 27.5 Å².